The molecule has 0 aliphatic rings. The molecule has 1 N–H and O–H groups in total. The molecule has 1 atom stereocenters. The van der Waals surface area contributed by atoms with Crippen LogP contribution in [0.15, 0.2) is 29.4 Å². The third-order valence-corrected chi connectivity index (χ3v) is 2.52. The van der Waals surface area contributed by atoms with Gasteiger partial charge < -0.3 is 10.1 Å². The number of ether oxygens (including phenoxy) is 1. The number of carbonyl (C=O) groups is 1. The molecule has 1 aromatic rings. The summed E-state index contributed by atoms with van der Waals surface area (Å²) < 4.78 is 5.05. The van der Waals surface area contributed by atoms with Gasteiger partial charge in [-0.3, -0.25) is 0 Å². The van der Waals surface area contributed by atoms with E-state index in [2.05, 4.69) is 15.3 Å². The highest BCUT2D eigenvalue weighted by atomic mass is 16.5. The number of rotatable bonds is 7. The van der Waals surface area contributed by atoms with Crippen LogP contribution in [-0.2, 0) is 9.53 Å². The van der Waals surface area contributed by atoms with E-state index < -0.39 is 6.04 Å². The van der Waals surface area contributed by atoms with E-state index in [0.29, 0.717) is 13.2 Å². The van der Waals surface area contributed by atoms with E-state index in [0.717, 1.165) is 11.1 Å². The number of nitrogens with one attached hydrogen (secondary N) is 1. The van der Waals surface area contributed by atoms with Crippen molar-refractivity contribution in [2.75, 3.05) is 19.7 Å². The topological polar surface area (TPSA) is 87.1 Å². The van der Waals surface area contributed by atoms with Crippen LogP contribution in [0.2, 0.25) is 0 Å². The van der Waals surface area contributed by atoms with Crippen LogP contribution in [-0.4, -0.2) is 25.7 Å². The average Bonchev–Trinajstić information content (AvgIpc) is 2.39. The Morgan fingerprint density at radius 2 is 2.37 bits per heavy atom. The summed E-state index contributed by atoms with van der Waals surface area (Å²) in [4.78, 5) is 14.6. The number of azide groups is 1. The van der Waals surface area contributed by atoms with Gasteiger partial charge in [0.1, 0.15) is 6.04 Å². The van der Waals surface area contributed by atoms with Gasteiger partial charge in [0.2, 0.25) is 0 Å². The largest absolute Gasteiger partial charge is 0.465 e. The maximum Gasteiger partial charge on any atom is 0.327 e. The minimum atomic E-state index is -0.534. The summed E-state index contributed by atoms with van der Waals surface area (Å²) in [5, 5.41) is 6.47. The maximum absolute atomic E-state index is 11.9. The summed E-state index contributed by atoms with van der Waals surface area (Å²) in [5.41, 5.74) is 10.1. The minimum Gasteiger partial charge on any atom is -0.465 e. The number of hydrogen-bond acceptors (Lipinski definition) is 4. The zero-order chi connectivity index (χ0) is 14.1. The Labute approximate surface area is 112 Å². The lowest BCUT2D eigenvalue weighted by atomic mass is 10.0. The molecule has 102 valence electrons. The van der Waals surface area contributed by atoms with Crippen molar-refractivity contribution in [3.8, 4) is 0 Å². The average molecular weight is 262 g/mol. The second-order valence-corrected chi connectivity index (χ2v) is 4.01. The van der Waals surface area contributed by atoms with Crippen molar-refractivity contribution in [3.63, 3.8) is 0 Å². The molecule has 0 radical (unpaired) electrons. The van der Waals surface area contributed by atoms with Crippen molar-refractivity contribution in [1.29, 1.82) is 0 Å². The van der Waals surface area contributed by atoms with Crippen LogP contribution in [0.4, 0.5) is 0 Å². The second kappa shape index (κ2) is 8.13. The molecule has 0 aliphatic heterocycles. The SMILES string of the molecule is CCOC(=O)C(NCCN=[N+]=[N-])c1cccc(C)c1. The Morgan fingerprint density at radius 1 is 1.58 bits per heavy atom. The quantitative estimate of drug-likeness (QED) is 0.269. The molecule has 1 rings (SSSR count). The maximum atomic E-state index is 11.9. The molecular formula is C13H18N4O2. The number of nitrogens with zero attached hydrogens (tertiary/aromatic N) is 3. The fraction of sp³-hybridized carbons (Fsp3) is 0.462. The molecule has 0 fully saturated rings. The van der Waals surface area contributed by atoms with E-state index in [-0.39, 0.29) is 12.5 Å². The Kier molecular flexibility index (Phi) is 6.43. The second-order valence-electron chi connectivity index (χ2n) is 4.01. The Hall–Kier alpha value is -2.04. The first kappa shape index (κ1) is 15.0. The molecule has 0 aliphatic carbocycles. The van der Waals surface area contributed by atoms with E-state index in [1.807, 2.05) is 31.2 Å². The predicted molar refractivity (Wildman–Crippen MR) is 72.6 cm³/mol. The van der Waals surface area contributed by atoms with Gasteiger partial charge in [0.25, 0.3) is 0 Å². The first-order valence-corrected chi connectivity index (χ1v) is 6.16. The van der Waals surface area contributed by atoms with E-state index >= 15 is 0 Å². The highest BCUT2D eigenvalue weighted by Crippen LogP contribution is 2.16. The van der Waals surface area contributed by atoms with Crippen molar-refractivity contribution in [2.45, 2.75) is 19.9 Å². The lowest BCUT2D eigenvalue weighted by molar-refractivity contribution is -0.145. The summed E-state index contributed by atoms with van der Waals surface area (Å²) >= 11 is 0. The molecule has 19 heavy (non-hydrogen) atoms. The van der Waals surface area contributed by atoms with Gasteiger partial charge in [-0.2, -0.15) is 0 Å². The summed E-state index contributed by atoms with van der Waals surface area (Å²) in [7, 11) is 0. The van der Waals surface area contributed by atoms with Crippen LogP contribution in [0.5, 0.6) is 0 Å². The number of carbonyl (C=O) groups excluding carboxylic acids is 1. The van der Waals surface area contributed by atoms with E-state index in [1.165, 1.54) is 0 Å². The molecular weight excluding hydrogens is 244 g/mol. The molecule has 0 aromatic heterocycles. The first-order valence-electron chi connectivity index (χ1n) is 6.16. The van der Waals surface area contributed by atoms with Gasteiger partial charge in [-0.15, -0.1) is 0 Å². The zero-order valence-corrected chi connectivity index (χ0v) is 11.2. The van der Waals surface area contributed by atoms with Crippen LogP contribution in [0.3, 0.4) is 0 Å². The number of benzene rings is 1. The van der Waals surface area contributed by atoms with Crippen molar-refractivity contribution in [2.24, 2.45) is 5.11 Å². The van der Waals surface area contributed by atoms with Crippen molar-refractivity contribution < 1.29 is 9.53 Å². The lowest BCUT2D eigenvalue weighted by Gasteiger charge is -2.17. The van der Waals surface area contributed by atoms with Gasteiger partial charge in [0.05, 0.1) is 6.61 Å². The Balaban J connectivity index is 2.79. The number of hydrogen-bond donors (Lipinski definition) is 1. The van der Waals surface area contributed by atoms with Gasteiger partial charge in [-0.25, -0.2) is 4.79 Å². The molecule has 0 saturated heterocycles. The van der Waals surface area contributed by atoms with Crippen LogP contribution in [0, 0.1) is 6.92 Å². The first-order chi connectivity index (χ1) is 9.19. The van der Waals surface area contributed by atoms with Crippen molar-refractivity contribution in [3.05, 3.63) is 45.8 Å². The molecule has 1 unspecified atom stereocenters. The lowest BCUT2D eigenvalue weighted by Crippen LogP contribution is -2.32. The van der Waals surface area contributed by atoms with Crippen LogP contribution < -0.4 is 5.32 Å². The monoisotopic (exact) mass is 262 g/mol. The van der Waals surface area contributed by atoms with Gasteiger partial charge in [0, 0.05) is 18.0 Å². The molecule has 0 amide bonds. The molecule has 0 saturated carbocycles. The van der Waals surface area contributed by atoms with Crippen LogP contribution >= 0.6 is 0 Å². The molecule has 0 heterocycles. The molecule has 6 nitrogen and oxygen atoms in total. The van der Waals surface area contributed by atoms with Gasteiger partial charge in [0.15, 0.2) is 0 Å². The molecule has 0 bridgehead atoms. The van der Waals surface area contributed by atoms with E-state index in [4.69, 9.17) is 10.3 Å². The van der Waals surface area contributed by atoms with Crippen molar-refractivity contribution in [1.82, 2.24) is 5.32 Å². The smallest absolute Gasteiger partial charge is 0.327 e. The zero-order valence-electron chi connectivity index (χ0n) is 11.2. The third-order valence-electron chi connectivity index (χ3n) is 2.52. The molecule has 6 heteroatoms. The van der Waals surface area contributed by atoms with Gasteiger partial charge >= 0.3 is 5.97 Å². The Morgan fingerprint density at radius 3 is 3.00 bits per heavy atom. The summed E-state index contributed by atoms with van der Waals surface area (Å²) in [6, 6.07) is 7.13. The standard InChI is InChI=1S/C13H18N4O2/c1-3-19-13(18)12(15-7-8-16-17-14)11-6-4-5-10(2)9-11/h4-6,9,12,15H,3,7-8H2,1-2H3. The van der Waals surface area contributed by atoms with Crippen molar-refractivity contribution >= 4 is 5.97 Å². The summed E-state index contributed by atoms with van der Waals surface area (Å²) in [6.45, 7) is 4.77. The predicted octanol–water partition coefficient (Wildman–Crippen LogP) is 2.50. The third kappa shape index (κ3) is 4.99. The molecule has 0 spiro atoms. The van der Waals surface area contributed by atoms with Gasteiger partial charge in [-0.1, -0.05) is 34.9 Å². The Bertz CT molecular complexity index is 469. The summed E-state index contributed by atoms with van der Waals surface area (Å²) in [6.07, 6.45) is 0. The minimum absolute atomic E-state index is 0.290. The molecule has 1 aromatic carbocycles. The highest BCUT2D eigenvalue weighted by Gasteiger charge is 2.20. The highest BCUT2D eigenvalue weighted by molar-refractivity contribution is 5.77. The van der Waals surface area contributed by atoms with Crippen LogP contribution in [0.25, 0.3) is 10.4 Å². The number of esters is 1. The normalized spacial score (nSPS) is 11.5. The van der Waals surface area contributed by atoms with E-state index in [1.54, 1.807) is 6.92 Å². The fourth-order valence-corrected chi connectivity index (χ4v) is 1.72. The fourth-order valence-electron chi connectivity index (χ4n) is 1.72. The van der Waals surface area contributed by atoms with Gasteiger partial charge in [-0.05, 0) is 24.9 Å². The number of aryl methyl sites for hydroxylation is 1. The van der Waals surface area contributed by atoms with E-state index in [9.17, 15) is 4.79 Å². The van der Waals surface area contributed by atoms with Crippen LogP contribution in [0.1, 0.15) is 24.1 Å². The summed E-state index contributed by atoms with van der Waals surface area (Å²) in [5.74, 6) is -0.325.